The number of benzene rings is 1. The second-order valence-corrected chi connectivity index (χ2v) is 5.34. The fourth-order valence-corrected chi connectivity index (χ4v) is 1.88. The first-order valence-electron chi connectivity index (χ1n) is 7.13. The van der Waals surface area contributed by atoms with E-state index < -0.39 is 0 Å². The summed E-state index contributed by atoms with van der Waals surface area (Å²) in [5, 5.41) is 3.59. The van der Waals surface area contributed by atoms with Crippen molar-refractivity contribution < 1.29 is 0 Å². The van der Waals surface area contributed by atoms with E-state index in [4.69, 9.17) is 0 Å². The third kappa shape index (κ3) is 5.65. The van der Waals surface area contributed by atoms with Crippen LogP contribution in [0.3, 0.4) is 0 Å². The number of nitrogens with zero attached hydrogens (tertiary/aromatic N) is 1. The van der Waals surface area contributed by atoms with Crippen molar-refractivity contribution in [3.05, 3.63) is 35.9 Å². The molecule has 0 aromatic heterocycles. The van der Waals surface area contributed by atoms with Crippen LogP contribution in [0.25, 0.3) is 0 Å². The molecule has 2 nitrogen and oxygen atoms in total. The Morgan fingerprint density at radius 3 is 2.33 bits per heavy atom. The van der Waals surface area contributed by atoms with Crippen LogP contribution in [-0.2, 0) is 6.54 Å². The molecule has 18 heavy (non-hydrogen) atoms. The summed E-state index contributed by atoms with van der Waals surface area (Å²) in [4.78, 5) is 2.48. The standard InChI is InChI=1S/C16H28N2/c1-5-18(12-11-17-15(4)14(2)3)13-16-9-7-6-8-10-16/h6-10,14-15,17H,5,11-13H2,1-4H3. The lowest BCUT2D eigenvalue weighted by atomic mass is 10.1. The molecule has 0 amide bonds. The van der Waals surface area contributed by atoms with E-state index in [2.05, 4.69) is 68.2 Å². The number of nitrogens with one attached hydrogen (secondary N) is 1. The van der Waals surface area contributed by atoms with E-state index in [-0.39, 0.29) is 0 Å². The second-order valence-electron chi connectivity index (χ2n) is 5.34. The van der Waals surface area contributed by atoms with Gasteiger partial charge in [0.15, 0.2) is 0 Å². The van der Waals surface area contributed by atoms with Gasteiger partial charge in [0, 0.05) is 25.7 Å². The van der Waals surface area contributed by atoms with Gasteiger partial charge in [0.1, 0.15) is 0 Å². The highest BCUT2D eigenvalue weighted by atomic mass is 15.1. The zero-order chi connectivity index (χ0) is 13.4. The summed E-state index contributed by atoms with van der Waals surface area (Å²) in [7, 11) is 0. The zero-order valence-corrected chi connectivity index (χ0v) is 12.3. The van der Waals surface area contributed by atoms with Gasteiger partial charge in [-0.3, -0.25) is 4.90 Å². The van der Waals surface area contributed by atoms with Crippen LogP contribution in [0, 0.1) is 5.92 Å². The monoisotopic (exact) mass is 248 g/mol. The van der Waals surface area contributed by atoms with Gasteiger partial charge in [0.25, 0.3) is 0 Å². The minimum atomic E-state index is 0.598. The van der Waals surface area contributed by atoms with Crippen LogP contribution < -0.4 is 5.32 Å². The fourth-order valence-electron chi connectivity index (χ4n) is 1.88. The molecular weight excluding hydrogens is 220 g/mol. The highest BCUT2D eigenvalue weighted by molar-refractivity contribution is 5.14. The molecule has 2 heteroatoms. The van der Waals surface area contributed by atoms with Gasteiger partial charge in [0.2, 0.25) is 0 Å². The maximum atomic E-state index is 3.59. The minimum absolute atomic E-state index is 0.598. The van der Waals surface area contributed by atoms with Crippen molar-refractivity contribution >= 4 is 0 Å². The van der Waals surface area contributed by atoms with Crippen LogP contribution in [0.5, 0.6) is 0 Å². The van der Waals surface area contributed by atoms with Gasteiger partial charge < -0.3 is 5.32 Å². The Hall–Kier alpha value is -0.860. The summed E-state index contributed by atoms with van der Waals surface area (Å²) in [6.45, 7) is 13.4. The molecule has 0 saturated carbocycles. The van der Waals surface area contributed by atoms with Crippen molar-refractivity contribution in [2.24, 2.45) is 5.92 Å². The van der Waals surface area contributed by atoms with E-state index in [0.29, 0.717) is 12.0 Å². The first-order chi connectivity index (χ1) is 8.63. The van der Waals surface area contributed by atoms with Crippen molar-refractivity contribution in [3.8, 4) is 0 Å². The van der Waals surface area contributed by atoms with Crippen molar-refractivity contribution in [2.75, 3.05) is 19.6 Å². The smallest absolute Gasteiger partial charge is 0.0234 e. The molecule has 1 unspecified atom stereocenters. The third-order valence-electron chi connectivity index (χ3n) is 3.59. The number of hydrogen-bond donors (Lipinski definition) is 1. The maximum Gasteiger partial charge on any atom is 0.0234 e. The molecule has 1 aromatic carbocycles. The number of rotatable bonds is 8. The number of hydrogen-bond acceptors (Lipinski definition) is 2. The van der Waals surface area contributed by atoms with Gasteiger partial charge in [-0.1, -0.05) is 51.1 Å². The van der Waals surface area contributed by atoms with E-state index in [0.717, 1.165) is 26.2 Å². The van der Waals surface area contributed by atoms with Gasteiger partial charge in [-0.15, -0.1) is 0 Å². The largest absolute Gasteiger partial charge is 0.313 e. The Bertz CT molecular complexity index is 308. The number of likely N-dealkylation sites (N-methyl/N-ethyl adjacent to an activating group) is 1. The van der Waals surface area contributed by atoms with E-state index >= 15 is 0 Å². The van der Waals surface area contributed by atoms with E-state index in [9.17, 15) is 0 Å². The molecule has 0 bridgehead atoms. The highest BCUT2D eigenvalue weighted by Crippen LogP contribution is 2.04. The lowest BCUT2D eigenvalue weighted by Crippen LogP contribution is -2.37. The Labute approximate surface area is 112 Å². The summed E-state index contributed by atoms with van der Waals surface area (Å²) < 4.78 is 0. The summed E-state index contributed by atoms with van der Waals surface area (Å²) in [6.07, 6.45) is 0. The predicted octanol–water partition coefficient (Wildman–Crippen LogP) is 3.14. The van der Waals surface area contributed by atoms with Crippen LogP contribution in [0.15, 0.2) is 30.3 Å². The molecule has 0 saturated heterocycles. The summed E-state index contributed by atoms with van der Waals surface area (Å²) in [6, 6.07) is 11.3. The van der Waals surface area contributed by atoms with Crippen molar-refractivity contribution in [1.82, 2.24) is 10.2 Å². The average Bonchev–Trinajstić information content (AvgIpc) is 2.38. The van der Waals surface area contributed by atoms with Crippen LogP contribution in [0.1, 0.15) is 33.3 Å². The van der Waals surface area contributed by atoms with Crippen molar-refractivity contribution in [2.45, 2.75) is 40.3 Å². The first-order valence-corrected chi connectivity index (χ1v) is 7.13. The fraction of sp³-hybridized carbons (Fsp3) is 0.625. The Morgan fingerprint density at radius 1 is 1.11 bits per heavy atom. The first kappa shape index (κ1) is 15.2. The van der Waals surface area contributed by atoms with E-state index in [1.54, 1.807) is 0 Å². The maximum absolute atomic E-state index is 3.59. The molecule has 1 rings (SSSR count). The van der Waals surface area contributed by atoms with Crippen LogP contribution >= 0.6 is 0 Å². The molecule has 1 aromatic rings. The van der Waals surface area contributed by atoms with Crippen LogP contribution in [0.4, 0.5) is 0 Å². The summed E-state index contributed by atoms with van der Waals surface area (Å²) in [5.74, 6) is 0.703. The SMILES string of the molecule is CCN(CCNC(C)C(C)C)Cc1ccccc1. The quantitative estimate of drug-likeness (QED) is 0.760. The molecule has 0 spiro atoms. The molecule has 0 aliphatic heterocycles. The molecule has 102 valence electrons. The van der Waals surface area contributed by atoms with E-state index in [1.807, 2.05) is 0 Å². The molecular formula is C16H28N2. The van der Waals surface area contributed by atoms with Gasteiger partial charge in [-0.05, 0) is 24.9 Å². The Kier molecular flexibility index (Phi) is 6.99. The summed E-state index contributed by atoms with van der Waals surface area (Å²) in [5.41, 5.74) is 1.40. The van der Waals surface area contributed by atoms with E-state index in [1.165, 1.54) is 5.56 Å². The molecule has 0 aliphatic rings. The molecule has 0 heterocycles. The second kappa shape index (κ2) is 8.28. The third-order valence-corrected chi connectivity index (χ3v) is 3.59. The normalized spacial score (nSPS) is 13.2. The van der Waals surface area contributed by atoms with Crippen molar-refractivity contribution in [1.29, 1.82) is 0 Å². The lowest BCUT2D eigenvalue weighted by molar-refractivity contribution is 0.269. The Balaban J connectivity index is 2.30. The van der Waals surface area contributed by atoms with Gasteiger partial charge in [0.05, 0.1) is 0 Å². The minimum Gasteiger partial charge on any atom is -0.313 e. The molecule has 0 aliphatic carbocycles. The molecule has 0 radical (unpaired) electrons. The van der Waals surface area contributed by atoms with Gasteiger partial charge in [-0.2, -0.15) is 0 Å². The Morgan fingerprint density at radius 2 is 1.78 bits per heavy atom. The molecule has 1 atom stereocenters. The van der Waals surface area contributed by atoms with Crippen LogP contribution in [0.2, 0.25) is 0 Å². The molecule has 0 fully saturated rings. The van der Waals surface area contributed by atoms with Crippen LogP contribution in [-0.4, -0.2) is 30.6 Å². The average molecular weight is 248 g/mol. The van der Waals surface area contributed by atoms with Gasteiger partial charge in [-0.25, -0.2) is 0 Å². The summed E-state index contributed by atoms with van der Waals surface area (Å²) >= 11 is 0. The van der Waals surface area contributed by atoms with Gasteiger partial charge >= 0.3 is 0 Å². The van der Waals surface area contributed by atoms with Crippen molar-refractivity contribution in [3.63, 3.8) is 0 Å². The zero-order valence-electron chi connectivity index (χ0n) is 12.3. The predicted molar refractivity (Wildman–Crippen MR) is 79.7 cm³/mol. The highest BCUT2D eigenvalue weighted by Gasteiger charge is 2.07. The lowest BCUT2D eigenvalue weighted by Gasteiger charge is -2.23. The topological polar surface area (TPSA) is 15.3 Å². The molecule has 1 N–H and O–H groups in total.